The van der Waals surface area contributed by atoms with Crippen molar-refractivity contribution < 1.29 is 14.2 Å². The highest BCUT2D eigenvalue weighted by atomic mass is 16.5. The van der Waals surface area contributed by atoms with Crippen LogP contribution in [0.25, 0.3) is 22.0 Å². The summed E-state index contributed by atoms with van der Waals surface area (Å²) in [5, 5.41) is 9.75. The van der Waals surface area contributed by atoms with Crippen molar-refractivity contribution in [2.75, 3.05) is 26.9 Å². The third-order valence-electron chi connectivity index (χ3n) is 5.61. The van der Waals surface area contributed by atoms with Crippen LogP contribution in [0.15, 0.2) is 36.7 Å². The van der Waals surface area contributed by atoms with E-state index in [2.05, 4.69) is 23.0 Å². The van der Waals surface area contributed by atoms with Crippen molar-refractivity contribution in [3.8, 4) is 23.1 Å². The molecule has 0 saturated carbocycles. The maximum Gasteiger partial charge on any atom is 0.224 e. The molecule has 1 aromatic carbocycles. The van der Waals surface area contributed by atoms with Crippen LogP contribution in [0.1, 0.15) is 31.2 Å². The molecule has 166 valence electrons. The highest BCUT2D eigenvalue weighted by Gasteiger charge is 2.20. The standard InChI is InChI=1S/C25H28N4O3/c1-17(16-30-2)13-23-27-15-22-24(29-23)21(19-5-3-18(4-6-19)7-10-26)14-28-25(22)32-20-8-11-31-12-9-20/h3-6,14-15,17,20H,7-9,11-13,16H2,1-2H3/t17-/m1/s1. The molecule has 0 N–H and O–H groups in total. The van der Waals surface area contributed by atoms with Gasteiger partial charge in [0.1, 0.15) is 11.9 Å². The number of nitriles is 1. The number of ether oxygens (including phenoxy) is 3. The van der Waals surface area contributed by atoms with Crippen LogP contribution in [0.3, 0.4) is 0 Å². The van der Waals surface area contributed by atoms with E-state index in [9.17, 15) is 0 Å². The smallest absolute Gasteiger partial charge is 0.224 e. The maximum absolute atomic E-state index is 8.95. The first kappa shape index (κ1) is 22.1. The third-order valence-corrected chi connectivity index (χ3v) is 5.61. The molecule has 7 heteroatoms. The molecular formula is C25H28N4O3. The largest absolute Gasteiger partial charge is 0.474 e. The van der Waals surface area contributed by atoms with Gasteiger partial charge in [-0.05, 0) is 17.0 Å². The lowest BCUT2D eigenvalue weighted by Gasteiger charge is -2.23. The Labute approximate surface area is 188 Å². The molecule has 1 fully saturated rings. The number of nitrogens with zero attached hydrogens (tertiary/aromatic N) is 4. The molecule has 3 aromatic rings. The molecule has 1 aliphatic heterocycles. The fourth-order valence-electron chi connectivity index (χ4n) is 3.94. The van der Waals surface area contributed by atoms with Gasteiger partial charge < -0.3 is 14.2 Å². The second-order valence-electron chi connectivity index (χ2n) is 8.25. The van der Waals surface area contributed by atoms with Gasteiger partial charge in [0.05, 0.1) is 36.6 Å². The maximum atomic E-state index is 8.95. The summed E-state index contributed by atoms with van der Waals surface area (Å²) < 4.78 is 17.0. The number of rotatable bonds is 8. The Morgan fingerprint density at radius 3 is 2.66 bits per heavy atom. The molecule has 0 radical (unpaired) electrons. The summed E-state index contributed by atoms with van der Waals surface area (Å²) in [7, 11) is 1.71. The van der Waals surface area contributed by atoms with Crippen LogP contribution in [-0.2, 0) is 22.3 Å². The minimum atomic E-state index is 0.0805. The van der Waals surface area contributed by atoms with E-state index >= 15 is 0 Å². The summed E-state index contributed by atoms with van der Waals surface area (Å²) >= 11 is 0. The molecule has 1 aliphatic rings. The molecule has 2 aromatic heterocycles. The van der Waals surface area contributed by atoms with E-state index in [-0.39, 0.29) is 6.10 Å². The third kappa shape index (κ3) is 5.21. The van der Waals surface area contributed by atoms with Crippen LogP contribution >= 0.6 is 0 Å². The first-order chi connectivity index (χ1) is 15.7. The van der Waals surface area contributed by atoms with Crippen LogP contribution < -0.4 is 4.74 Å². The second kappa shape index (κ2) is 10.5. The predicted molar refractivity (Wildman–Crippen MR) is 121 cm³/mol. The highest BCUT2D eigenvalue weighted by Crippen LogP contribution is 2.32. The fraction of sp³-hybridized carbons (Fsp3) is 0.440. The molecule has 1 atom stereocenters. The van der Waals surface area contributed by atoms with E-state index in [0.717, 1.165) is 52.7 Å². The predicted octanol–water partition coefficient (Wildman–Crippen LogP) is 4.14. The molecule has 32 heavy (non-hydrogen) atoms. The van der Waals surface area contributed by atoms with E-state index in [1.807, 2.05) is 36.7 Å². The van der Waals surface area contributed by atoms with Crippen LogP contribution in [0.5, 0.6) is 5.88 Å². The molecule has 1 saturated heterocycles. The van der Waals surface area contributed by atoms with Gasteiger partial charge in [-0.3, -0.25) is 0 Å². The van der Waals surface area contributed by atoms with E-state index in [4.69, 9.17) is 24.5 Å². The Morgan fingerprint density at radius 1 is 1.16 bits per heavy atom. The molecule has 0 unspecified atom stereocenters. The lowest BCUT2D eigenvalue weighted by atomic mass is 10.0. The van der Waals surface area contributed by atoms with Gasteiger partial charge in [0, 0.05) is 50.9 Å². The van der Waals surface area contributed by atoms with Gasteiger partial charge in [-0.2, -0.15) is 5.26 Å². The number of methoxy groups -OCH3 is 1. The molecule has 3 heterocycles. The second-order valence-corrected chi connectivity index (χ2v) is 8.25. The number of fused-ring (bicyclic) bond motifs is 1. The van der Waals surface area contributed by atoms with Gasteiger partial charge >= 0.3 is 0 Å². The van der Waals surface area contributed by atoms with Crippen molar-refractivity contribution >= 4 is 10.9 Å². The topological polar surface area (TPSA) is 90.1 Å². The van der Waals surface area contributed by atoms with E-state index in [0.29, 0.717) is 38.0 Å². The van der Waals surface area contributed by atoms with E-state index in [1.54, 1.807) is 7.11 Å². The van der Waals surface area contributed by atoms with E-state index < -0.39 is 0 Å². The number of aromatic nitrogens is 3. The Bertz CT molecular complexity index is 1090. The average Bonchev–Trinajstić information content (AvgIpc) is 2.81. The summed E-state index contributed by atoms with van der Waals surface area (Å²) in [5.74, 6) is 1.65. The van der Waals surface area contributed by atoms with Crippen LogP contribution in [0.4, 0.5) is 0 Å². The Kier molecular flexibility index (Phi) is 7.25. The number of hydrogen-bond acceptors (Lipinski definition) is 7. The van der Waals surface area contributed by atoms with Gasteiger partial charge in [-0.25, -0.2) is 15.0 Å². The quantitative estimate of drug-likeness (QED) is 0.528. The van der Waals surface area contributed by atoms with Crippen molar-refractivity contribution in [1.29, 1.82) is 5.26 Å². The molecule has 0 amide bonds. The van der Waals surface area contributed by atoms with Crippen molar-refractivity contribution in [2.45, 2.75) is 38.7 Å². The summed E-state index contributed by atoms with van der Waals surface area (Å²) in [5.41, 5.74) is 3.73. The minimum absolute atomic E-state index is 0.0805. The molecule has 0 aliphatic carbocycles. The van der Waals surface area contributed by atoms with E-state index in [1.165, 1.54) is 0 Å². The van der Waals surface area contributed by atoms with Gasteiger partial charge in [0.15, 0.2) is 0 Å². The normalized spacial score (nSPS) is 15.4. The number of pyridine rings is 1. The zero-order valence-corrected chi connectivity index (χ0v) is 18.6. The zero-order valence-electron chi connectivity index (χ0n) is 18.6. The minimum Gasteiger partial charge on any atom is -0.474 e. The lowest BCUT2D eigenvalue weighted by Crippen LogP contribution is -2.26. The lowest BCUT2D eigenvalue weighted by molar-refractivity contribution is 0.0244. The summed E-state index contributed by atoms with van der Waals surface area (Å²) in [6, 6.07) is 10.2. The van der Waals surface area contributed by atoms with Crippen molar-refractivity contribution in [3.63, 3.8) is 0 Å². The Morgan fingerprint density at radius 2 is 1.94 bits per heavy atom. The van der Waals surface area contributed by atoms with Crippen LogP contribution in [0.2, 0.25) is 0 Å². The number of benzene rings is 1. The van der Waals surface area contributed by atoms with Crippen molar-refractivity contribution in [2.24, 2.45) is 5.92 Å². The van der Waals surface area contributed by atoms with Crippen LogP contribution in [0, 0.1) is 17.2 Å². The highest BCUT2D eigenvalue weighted by molar-refractivity contribution is 5.95. The summed E-state index contributed by atoms with van der Waals surface area (Å²) in [4.78, 5) is 14.2. The van der Waals surface area contributed by atoms with Crippen molar-refractivity contribution in [1.82, 2.24) is 15.0 Å². The first-order valence-corrected chi connectivity index (χ1v) is 11.0. The van der Waals surface area contributed by atoms with Crippen LogP contribution in [-0.4, -0.2) is 48.0 Å². The molecule has 0 spiro atoms. The first-order valence-electron chi connectivity index (χ1n) is 11.0. The van der Waals surface area contributed by atoms with Gasteiger partial charge in [-0.15, -0.1) is 0 Å². The molecular weight excluding hydrogens is 404 g/mol. The zero-order chi connectivity index (χ0) is 22.3. The Balaban J connectivity index is 1.73. The molecule has 4 rings (SSSR count). The molecule has 0 bridgehead atoms. The Hall–Kier alpha value is -3.08. The van der Waals surface area contributed by atoms with Crippen molar-refractivity contribution in [3.05, 3.63) is 48.0 Å². The fourth-order valence-corrected chi connectivity index (χ4v) is 3.94. The number of hydrogen-bond donors (Lipinski definition) is 0. The van der Waals surface area contributed by atoms with Gasteiger partial charge in [0.25, 0.3) is 0 Å². The summed E-state index contributed by atoms with van der Waals surface area (Å²) in [6.07, 6.45) is 6.54. The monoisotopic (exact) mass is 432 g/mol. The van der Waals surface area contributed by atoms with Gasteiger partial charge in [0.2, 0.25) is 5.88 Å². The average molecular weight is 433 g/mol. The van der Waals surface area contributed by atoms with Gasteiger partial charge in [-0.1, -0.05) is 31.2 Å². The SMILES string of the molecule is COC[C@H](C)Cc1ncc2c(OC3CCOCC3)ncc(-c3ccc(CC#N)cc3)c2n1. The summed E-state index contributed by atoms with van der Waals surface area (Å²) in [6.45, 7) is 4.18. The molecule has 7 nitrogen and oxygen atoms in total.